The quantitative estimate of drug-likeness (QED) is 0.743. The number of rotatable bonds is 1. The fourth-order valence-corrected chi connectivity index (χ4v) is 1.27. The van der Waals surface area contributed by atoms with E-state index in [9.17, 15) is 4.39 Å². The zero-order valence-corrected chi connectivity index (χ0v) is 9.91. The molecule has 0 atom stereocenters. The van der Waals surface area contributed by atoms with Crippen LogP contribution in [0.3, 0.4) is 0 Å². The van der Waals surface area contributed by atoms with Crippen LogP contribution in [0.5, 0.6) is 5.88 Å². The summed E-state index contributed by atoms with van der Waals surface area (Å²) in [6, 6.07) is 2.99. The van der Waals surface area contributed by atoms with Crippen LogP contribution in [0.2, 0.25) is 0 Å². The summed E-state index contributed by atoms with van der Waals surface area (Å²) in [6.07, 6.45) is 1.51. The SMILES string of the molecule is CC.COc1cnc2ccc(F)c(C)c2n1. The summed E-state index contributed by atoms with van der Waals surface area (Å²) in [7, 11) is 1.50. The smallest absolute Gasteiger partial charge is 0.232 e. The van der Waals surface area contributed by atoms with Crippen molar-refractivity contribution in [3.8, 4) is 5.88 Å². The van der Waals surface area contributed by atoms with Gasteiger partial charge in [-0.2, -0.15) is 0 Å². The van der Waals surface area contributed by atoms with Gasteiger partial charge in [0.05, 0.1) is 24.3 Å². The summed E-state index contributed by atoms with van der Waals surface area (Å²) in [4.78, 5) is 8.23. The van der Waals surface area contributed by atoms with E-state index >= 15 is 0 Å². The van der Waals surface area contributed by atoms with Crippen molar-refractivity contribution in [1.29, 1.82) is 0 Å². The summed E-state index contributed by atoms with van der Waals surface area (Å²) in [6.45, 7) is 5.67. The molecule has 3 nitrogen and oxygen atoms in total. The minimum Gasteiger partial charge on any atom is -0.480 e. The van der Waals surface area contributed by atoms with Crippen LogP contribution >= 0.6 is 0 Å². The first-order valence-electron chi connectivity index (χ1n) is 5.18. The number of ether oxygens (including phenoxy) is 1. The highest BCUT2D eigenvalue weighted by Crippen LogP contribution is 2.19. The minimum absolute atomic E-state index is 0.278. The molecule has 0 spiro atoms. The number of nitrogens with zero attached hydrogens (tertiary/aromatic N) is 2. The molecule has 16 heavy (non-hydrogen) atoms. The molecule has 4 heteroatoms. The second kappa shape index (κ2) is 5.39. The van der Waals surface area contributed by atoms with Crippen LogP contribution in [-0.4, -0.2) is 17.1 Å². The van der Waals surface area contributed by atoms with Gasteiger partial charge in [-0.1, -0.05) is 13.8 Å². The average Bonchev–Trinajstić information content (AvgIpc) is 2.36. The van der Waals surface area contributed by atoms with Gasteiger partial charge < -0.3 is 4.74 Å². The zero-order chi connectivity index (χ0) is 12.1. The van der Waals surface area contributed by atoms with Crippen LogP contribution in [0, 0.1) is 12.7 Å². The summed E-state index contributed by atoms with van der Waals surface area (Å²) in [5, 5.41) is 0. The lowest BCUT2D eigenvalue weighted by atomic mass is 10.2. The summed E-state index contributed by atoms with van der Waals surface area (Å²) in [5.74, 6) is 0.117. The van der Waals surface area contributed by atoms with Crippen LogP contribution in [0.25, 0.3) is 11.0 Å². The van der Waals surface area contributed by atoms with Crippen molar-refractivity contribution in [1.82, 2.24) is 9.97 Å². The highest BCUT2D eigenvalue weighted by atomic mass is 19.1. The number of hydrogen-bond donors (Lipinski definition) is 0. The van der Waals surface area contributed by atoms with Gasteiger partial charge in [-0.3, -0.25) is 0 Å². The number of methoxy groups -OCH3 is 1. The molecule has 1 aromatic heterocycles. The third-order valence-electron chi connectivity index (χ3n) is 2.09. The Balaban J connectivity index is 0.000000606. The number of benzene rings is 1. The maximum Gasteiger partial charge on any atom is 0.232 e. The van der Waals surface area contributed by atoms with Gasteiger partial charge in [0, 0.05) is 5.56 Å². The first-order valence-corrected chi connectivity index (χ1v) is 5.18. The molecule has 1 aromatic carbocycles. The van der Waals surface area contributed by atoms with E-state index in [0.29, 0.717) is 22.5 Å². The normalized spacial score (nSPS) is 9.56. The molecule has 2 aromatic rings. The van der Waals surface area contributed by atoms with E-state index < -0.39 is 0 Å². The largest absolute Gasteiger partial charge is 0.480 e. The summed E-state index contributed by atoms with van der Waals surface area (Å²) in [5.41, 5.74) is 1.71. The number of halogens is 1. The van der Waals surface area contributed by atoms with Gasteiger partial charge in [0.1, 0.15) is 5.82 Å². The molecule has 0 unspecified atom stereocenters. The predicted molar refractivity (Wildman–Crippen MR) is 62.1 cm³/mol. The summed E-state index contributed by atoms with van der Waals surface area (Å²) < 4.78 is 18.1. The standard InChI is InChI=1S/C10H9FN2O.C2H6/c1-6-7(11)3-4-8-10(6)13-9(14-2)5-12-8;1-2/h3-5H,1-2H3;1-2H3. The van der Waals surface area contributed by atoms with Crippen LogP contribution in [0.1, 0.15) is 19.4 Å². The number of aromatic nitrogens is 2. The molecular weight excluding hydrogens is 207 g/mol. The van der Waals surface area contributed by atoms with Gasteiger partial charge in [0.15, 0.2) is 0 Å². The average molecular weight is 222 g/mol. The Kier molecular flexibility index (Phi) is 4.17. The van der Waals surface area contributed by atoms with Gasteiger partial charge in [0.2, 0.25) is 5.88 Å². The second-order valence-corrected chi connectivity index (χ2v) is 2.95. The third kappa shape index (κ3) is 2.27. The molecule has 0 amide bonds. The van der Waals surface area contributed by atoms with Crippen molar-refractivity contribution in [3.05, 3.63) is 29.7 Å². The lowest BCUT2D eigenvalue weighted by Crippen LogP contribution is -1.94. The van der Waals surface area contributed by atoms with E-state index in [-0.39, 0.29) is 5.82 Å². The number of hydrogen-bond acceptors (Lipinski definition) is 3. The molecular formula is C12H15FN2O. The van der Waals surface area contributed by atoms with Crippen molar-refractivity contribution in [2.75, 3.05) is 7.11 Å². The van der Waals surface area contributed by atoms with Crippen molar-refractivity contribution in [2.24, 2.45) is 0 Å². The fraction of sp³-hybridized carbons (Fsp3) is 0.333. The Labute approximate surface area is 94.3 Å². The van der Waals surface area contributed by atoms with Crippen molar-refractivity contribution < 1.29 is 9.13 Å². The monoisotopic (exact) mass is 222 g/mol. The van der Waals surface area contributed by atoms with E-state index in [1.165, 1.54) is 19.4 Å². The van der Waals surface area contributed by atoms with Gasteiger partial charge in [0.25, 0.3) is 0 Å². The van der Waals surface area contributed by atoms with E-state index in [4.69, 9.17) is 4.74 Å². The van der Waals surface area contributed by atoms with Crippen molar-refractivity contribution in [3.63, 3.8) is 0 Å². The van der Waals surface area contributed by atoms with Gasteiger partial charge in [-0.15, -0.1) is 0 Å². The first-order chi connectivity index (χ1) is 7.72. The minimum atomic E-state index is -0.278. The topological polar surface area (TPSA) is 35.0 Å². The lowest BCUT2D eigenvalue weighted by Gasteiger charge is -2.03. The van der Waals surface area contributed by atoms with E-state index in [1.807, 2.05) is 13.8 Å². The molecule has 0 N–H and O–H groups in total. The van der Waals surface area contributed by atoms with Crippen LogP contribution < -0.4 is 4.74 Å². The fourth-order valence-electron chi connectivity index (χ4n) is 1.27. The van der Waals surface area contributed by atoms with Crippen LogP contribution in [0.4, 0.5) is 4.39 Å². The lowest BCUT2D eigenvalue weighted by molar-refractivity contribution is 0.397. The van der Waals surface area contributed by atoms with Crippen LogP contribution in [0.15, 0.2) is 18.3 Å². The van der Waals surface area contributed by atoms with E-state index in [1.54, 1.807) is 13.0 Å². The number of fused-ring (bicyclic) bond motifs is 1. The van der Waals surface area contributed by atoms with Gasteiger partial charge in [-0.25, -0.2) is 14.4 Å². The van der Waals surface area contributed by atoms with E-state index in [2.05, 4.69) is 9.97 Å². The molecule has 0 fully saturated rings. The molecule has 0 aliphatic rings. The maximum absolute atomic E-state index is 13.2. The Morgan fingerprint density at radius 3 is 2.56 bits per heavy atom. The highest BCUT2D eigenvalue weighted by molar-refractivity contribution is 5.78. The molecule has 2 rings (SSSR count). The molecule has 86 valence electrons. The zero-order valence-electron chi connectivity index (χ0n) is 9.91. The molecule has 0 saturated carbocycles. The molecule has 0 aliphatic carbocycles. The molecule has 0 radical (unpaired) electrons. The van der Waals surface area contributed by atoms with Crippen molar-refractivity contribution >= 4 is 11.0 Å². The van der Waals surface area contributed by atoms with Gasteiger partial charge in [-0.05, 0) is 19.1 Å². The van der Waals surface area contributed by atoms with Crippen LogP contribution in [-0.2, 0) is 0 Å². The van der Waals surface area contributed by atoms with Gasteiger partial charge >= 0.3 is 0 Å². The maximum atomic E-state index is 13.2. The second-order valence-electron chi connectivity index (χ2n) is 2.95. The third-order valence-corrected chi connectivity index (χ3v) is 2.09. The van der Waals surface area contributed by atoms with Crippen molar-refractivity contribution in [2.45, 2.75) is 20.8 Å². The molecule has 1 heterocycles. The number of aryl methyl sites for hydroxylation is 1. The Bertz CT molecular complexity index is 486. The Morgan fingerprint density at radius 1 is 1.25 bits per heavy atom. The summed E-state index contributed by atoms with van der Waals surface area (Å²) >= 11 is 0. The molecule has 0 aliphatic heterocycles. The molecule has 0 saturated heterocycles. The first kappa shape index (κ1) is 12.4. The predicted octanol–water partition coefficient (Wildman–Crippen LogP) is 3.11. The Hall–Kier alpha value is -1.71. The highest BCUT2D eigenvalue weighted by Gasteiger charge is 2.06. The Morgan fingerprint density at radius 2 is 1.94 bits per heavy atom. The molecule has 0 bridgehead atoms. The van der Waals surface area contributed by atoms with E-state index in [0.717, 1.165) is 0 Å².